The average molecular weight is 1030 g/mol. The van der Waals surface area contributed by atoms with Crippen molar-refractivity contribution in [3.8, 4) is 23.1 Å². The zero-order chi connectivity index (χ0) is 52.6. The lowest BCUT2D eigenvalue weighted by Crippen LogP contribution is -2.29. The van der Waals surface area contributed by atoms with E-state index in [9.17, 15) is 9.59 Å². The van der Waals surface area contributed by atoms with Gasteiger partial charge in [-0.2, -0.15) is 19.3 Å². The molecular weight excluding hydrogens is 964 g/mol. The fourth-order valence-electron chi connectivity index (χ4n) is 6.93. The van der Waals surface area contributed by atoms with E-state index in [0.29, 0.717) is 57.8 Å². The quantitative estimate of drug-likeness (QED) is 0.0356. The zero-order valence-corrected chi connectivity index (χ0v) is 42.7. The highest BCUT2D eigenvalue weighted by Crippen LogP contribution is 2.39. The van der Waals surface area contributed by atoms with E-state index >= 15 is 0 Å². The highest BCUT2D eigenvalue weighted by atomic mass is 35.5. The number of hydrogen-bond donors (Lipinski definition) is 4. The van der Waals surface area contributed by atoms with E-state index in [1.807, 2.05) is 109 Å². The van der Waals surface area contributed by atoms with Crippen LogP contribution in [0, 0.1) is 0 Å². The zero-order valence-electron chi connectivity index (χ0n) is 42.0. The molecule has 22 nitrogen and oxygen atoms in total. The molecule has 74 heavy (non-hydrogen) atoms. The summed E-state index contributed by atoms with van der Waals surface area (Å²) in [6.45, 7) is 9.98. The third-order valence-corrected chi connectivity index (χ3v) is 10.9. The van der Waals surface area contributed by atoms with Gasteiger partial charge in [0.1, 0.15) is 22.5 Å². The van der Waals surface area contributed by atoms with Crippen LogP contribution in [0.1, 0.15) is 7.43 Å². The van der Waals surface area contributed by atoms with Gasteiger partial charge in [0.25, 0.3) is 0 Å². The minimum atomic E-state index is -0.509. The number of nitrogens with one attached hydrogen (secondary N) is 3. The summed E-state index contributed by atoms with van der Waals surface area (Å²) in [6.07, 6.45) is 5.58. The second-order valence-electron chi connectivity index (χ2n) is 16.5. The third kappa shape index (κ3) is 14.7. The number of methoxy groups -OCH3 is 2. The Bertz CT molecular complexity index is 3180. The molecule has 0 saturated carbocycles. The molecule has 0 radical (unpaired) electrons. The molecule has 0 unspecified atom stereocenters. The van der Waals surface area contributed by atoms with Crippen molar-refractivity contribution in [1.82, 2.24) is 59.7 Å². The predicted molar refractivity (Wildman–Crippen MR) is 296 cm³/mol. The summed E-state index contributed by atoms with van der Waals surface area (Å²) in [6, 6.07) is 26.3. The van der Waals surface area contributed by atoms with E-state index in [2.05, 4.69) is 89.3 Å². The van der Waals surface area contributed by atoms with Crippen LogP contribution in [0.3, 0.4) is 0 Å². The molecule has 4 aromatic carbocycles. The number of nitrogen functional groups attached to an aromatic ring is 1. The maximum absolute atomic E-state index is 12.2. The number of amides is 1. The number of nitrogens with two attached hydrogens (primary N) is 1. The average Bonchev–Trinajstić information content (AvgIpc) is 4.03. The maximum Gasteiger partial charge on any atom is 0.247 e. The molecule has 0 aliphatic heterocycles. The number of rotatable bonds is 19. The van der Waals surface area contributed by atoms with Crippen molar-refractivity contribution in [2.45, 2.75) is 7.43 Å². The minimum absolute atomic E-state index is 0. The number of benzene rings is 4. The Hall–Kier alpha value is -8.73. The number of para-hydroxylation sites is 2. The lowest BCUT2D eigenvalue weighted by atomic mass is 10.2. The van der Waals surface area contributed by atoms with Crippen LogP contribution in [0.4, 0.5) is 46.0 Å². The van der Waals surface area contributed by atoms with Crippen LogP contribution in [0.25, 0.3) is 33.7 Å². The maximum atomic E-state index is 12.2. The normalized spacial score (nSPS) is 10.6. The molecule has 5 N–H and O–H groups in total. The van der Waals surface area contributed by atoms with E-state index in [-0.39, 0.29) is 13.3 Å². The first kappa shape index (κ1) is 56.2. The number of fused-ring (bicyclic) bond motifs is 2. The van der Waals surface area contributed by atoms with Gasteiger partial charge < -0.3 is 50.8 Å². The number of likely N-dealkylation sites (N-methyl/N-ethyl adjacent to an activating group) is 4. The molecule has 0 fully saturated rings. The summed E-state index contributed by atoms with van der Waals surface area (Å²) >= 11 is 4.71. The smallest absolute Gasteiger partial charge is 0.247 e. The standard InChI is InChI=1S/C25H29N9O2.C22H27N9O.C3H3ClO.CH4/c1-6-24(35)27-18-15-19(22(36-5)16-21(18)33(4)14-13-32(2)3)28-25-26-12-11-23(29-25)34-20-10-8-7-9-17(20)30-31-34;1-29(2)11-12-30(3)19-14-20(32-4)17(13-15(19)23)25-22-24-10-9-21(26-22)31-18-8-6-5-7-16(18)27-28-31;1-2-3(4)5;/h6-12,15-16H,1,13-14H2,2-5H3,(H,27,35)(H,26,28,29);5-10,13-14H,11-12,23H2,1-4H3,(H,24,25,26);2H,1H2;1H4. The third-order valence-electron chi connectivity index (χ3n) is 10.8. The molecule has 0 bridgehead atoms. The number of carbonyl (C=O) groups is 2. The lowest BCUT2D eigenvalue weighted by molar-refractivity contribution is -0.112. The molecule has 388 valence electrons. The highest BCUT2D eigenvalue weighted by molar-refractivity contribution is 6.66. The van der Waals surface area contributed by atoms with Gasteiger partial charge in [0, 0.05) is 76.9 Å². The number of nitrogens with zero attached hydrogens (tertiary/aromatic N) is 14. The molecule has 0 aliphatic carbocycles. The van der Waals surface area contributed by atoms with Crippen molar-refractivity contribution < 1.29 is 19.1 Å². The number of halogens is 1. The Balaban J connectivity index is 0.000000249. The van der Waals surface area contributed by atoms with E-state index in [1.54, 1.807) is 54.2 Å². The number of carbonyl (C=O) groups excluding carboxylic acids is 2. The number of ether oxygens (including phenoxy) is 2. The van der Waals surface area contributed by atoms with Crippen LogP contribution in [-0.2, 0) is 9.59 Å². The van der Waals surface area contributed by atoms with Gasteiger partial charge in [0.2, 0.25) is 23.0 Å². The molecule has 4 heterocycles. The molecule has 0 saturated heterocycles. The Morgan fingerprint density at radius 3 is 1.54 bits per heavy atom. The summed E-state index contributed by atoms with van der Waals surface area (Å²) < 4.78 is 14.6. The molecule has 23 heteroatoms. The van der Waals surface area contributed by atoms with Crippen molar-refractivity contribution in [3.63, 3.8) is 0 Å². The second-order valence-corrected chi connectivity index (χ2v) is 16.9. The van der Waals surface area contributed by atoms with Gasteiger partial charge in [-0.05, 0) is 88.3 Å². The Morgan fingerprint density at radius 1 is 0.649 bits per heavy atom. The van der Waals surface area contributed by atoms with Crippen LogP contribution in [-0.4, -0.2) is 154 Å². The van der Waals surface area contributed by atoms with Crippen molar-refractivity contribution in [2.75, 3.05) is 114 Å². The van der Waals surface area contributed by atoms with Gasteiger partial charge in [0.05, 0.1) is 59.4 Å². The summed E-state index contributed by atoms with van der Waals surface area (Å²) in [4.78, 5) is 47.9. The van der Waals surface area contributed by atoms with Crippen molar-refractivity contribution in [1.29, 1.82) is 0 Å². The van der Waals surface area contributed by atoms with Gasteiger partial charge in [-0.15, -0.1) is 10.2 Å². The highest BCUT2D eigenvalue weighted by Gasteiger charge is 2.18. The SMILES string of the molecule is C.C=CC(=O)Cl.C=CC(=O)Nc1cc(Nc2nccc(-n3nnc4ccccc43)n2)c(OC)cc1N(C)CCN(C)C.COc1cc(N(C)CCN(C)C)c(N)cc1Nc1nccc(-n2nnc3ccccc32)n1. The van der Waals surface area contributed by atoms with E-state index in [4.69, 9.17) is 26.8 Å². The molecule has 0 aliphatic rings. The first-order chi connectivity index (χ1) is 35.1. The van der Waals surface area contributed by atoms with Crippen LogP contribution in [0.15, 0.2) is 123 Å². The van der Waals surface area contributed by atoms with Gasteiger partial charge >= 0.3 is 0 Å². The van der Waals surface area contributed by atoms with Crippen molar-refractivity contribution in [3.05, 3.63) is 123 Å². The van der Waals surface area contributed by atoms with Crippen LogP contribution < -0.4 is 41.0 Å². The molecule has 8 rings (SSSR count). The first-order valence-electron chi connectivity index (χ1n) is 22.6. The molecule has 0 atom stereocenters. The van der Waals surface area contributed by atoms with Crippen LogP contribution in [0.2, 0.25) is 0 Å². The number of hydrogen-bond acceptors (Lipinski definition) is 19. The van der Waals surface area contributed by atoms with E-state index < -0.39 is 5.24 Å². The van der Waals surface area contributed by atoms with E-state index in [0.717, 1.165) is 65.7 Å². The second kappa shape index (κ2) is 26.6. The Kier molecular flexibility index (Phi) is 20.2. The molecule has 0 spiro atoms. The number of anilines is 8. The number of aromatic nitrogens is 10. The van der Waals surface area contributed by atoms with Gasteiger partial charge in [-0.3, -0.25) is 9.59 Å². The molecule has 4 aromatic heterocycles. The molecular formula is C51H63ClN18O4. The van der Waals surface area contributed by atoms with Crippen molar-refractivity contribution in [2.24, 2.45) is 0 Å². The Labute approximate surface area is 435 Å². The lowest BCUT2D eigenvalue weighted by Gasteiger charge is -2.26. The van der Waals surface area contributed by atoms with Gasteiger partial charge in [-0.1, -0.05) is 55.3 Å². The predicted octanol–water partition coefficient (Wildman–Crippen LogP) is 7.20. The number of allylic oxidation sites excluding steroid dienone is 1. The molecule has 1 amide bonds. The fraction of sp³-hybridized carbons (Fsp3) is 0.255. The summed E-state index contributed by atoms with van der Waals surface area (Å²) in [5, 5.41) is 25.6. The minimum Gasteiger partial charge on any atom is -0.494 e. The summed E-state index contributed by atoms with van der Waals surface area (Å²) in [7, 11) is 15.3. The van der Waals surface area contributed by atoms with Crippen LogP contribution in [0.5, 0.6) is 11.5 Å². The fourth-order valence-corrected chi connectivity index (χ4v) is 6.93. The molecule has 8 aromatic rings. The van der Waals surface area contributed by atoms with Crippen LogP contribution >= 0.6 is 11.6 Å². The monoisotopic (exact) mass is 1030 g/mol. The van der Waals surface area contributed by atoms with Gasteiger partial charge in [0.15, 0.2) is 11.6 Å². The van der Waals surface area contributed by atoms with E-state index in [1.165, 1.54) is 6.08 Å². The Morgan fingerprint density at radius 2 is 1.09 bits per heavy atom. The van der Waals surface area contributed by atoms with Gasteiger partial charge in [-0.25, -0.2) is 9.97 Å². The summed E-state index contributed by atoms with van der Waals surface area (Å²) in [5.41, 5.74) is 13.8. The van der Waals surface area contributed by atoms with Crippen molar-refractivity contribution >= 4 is 90.8 Å². The first-order valence-corrected chi connectivity index (χ1v) is 23.0. The topological polar surface area (TPSA) is 241 Å². The largest absolute Gasteiger partial charge is 0.494 e. The summed E-state index contributed by atoms with van der Waals surface area (Å²) in [5.74, 6) is 2.78.